The lowest BCUT2D eigenvalue weighted by molar-refractivity contribution is 0.0505. The Kier molecular flexibility index (Phi) is 10.4. The van der Waals surface area contributed by atoms with Crippen molar-refractivity contribution in [3.05, 3.63) is 47.0 Å². The molecule has 4 aromatic rings. The van der Waals surface area contributed by atoms with E-state index in [0.29, 0.717) is 39.4 Å². The monoisotopic (exact) mass is 656 g/mol. The highest BCUT2D eigenvalue weighted by molar-refractivity contribution is 6.33. The fourth-order valence-corrected chi connectivity index (χ4v) is 5.64. The molecule has 16 heteroatoms. The molecule has 240 valence electrons. The number of hydrogen-bond acceptors (Lipinski definition) is 11. The molecular formula is C29H38Cl2N12O2. The van der Waals surface area contributed by atoms with Gasteiger partial charge in [-0.15, -0.1) is 0 Å². The number of amides is 1. The second kappa shape index (κ2) is 14.4. The summed E-state index contributed by atoms with van der Waals surface area (Å²) < 4.78 is 5.30. The Morgan fingerprint density at radius 1 is 0.844 bits per heavy atom. The van der Waals surface area contributed by atoms with Crippen LogP contribution in [0.2, 0.25) is 10.0 Å². The van der Waals surface area contributed by atoms with Gasteiger partial charge in [-0.3, -0.25) is 10.2 Å². The standard InChI is InChI=1S/C17H23ClN6O2.C12H15ClN6/c1-17(2,3)26-16(25)22-11-5-4-10(8-11)21-15-19-9-12(18)14(23-15)13-6-7-20-24-13;13-9-6-15-12(17-8-2-1-7(14)5-8)18-11(9)10-3-4-16-19-10/h6-7,9-11H,4-5,8H2,1-3H3,(H,20,24)(H,22,25)(H,19,21,23);3-4,6-8H,1-2,5,14H2,(H,16,19)(H,15,17,18)/t10?,11-;7-,8?/m11/s1. The molecule has 1 amide bonds. The highest BCUT2D eigenvalue weighted by Crippen LogP contribution is 2.28. The van der Waals surface area contributed by atoms with Gasteiger partial charge in [0.05, 0.1) is 33.8 Å². The van der Waals surface area contributed by atoms with Gasteiger partial charge in [-0.05, 0) is 71.4 Å². The maximum absolute atomic E-state index is 11.9. The van der Waals surface area contributed by atoms with Crippen molar-refractivity contribution in [1.82, 2.24) is 45.6 Å². The van der Waals surface area contributed by atoms with Gasteiger partial charge in [0.1, 0.15) is 17.0 Å². The first-order valence-corrected chi connectivity index (χ1v) is 15.6. The van der Waals surface area contributed by atoms with E-state index >= 15 is 0 Å². The van der Waals surface area contributed by atoms with Crippen LogP contribution in [-0.2, 0) is 4.74 Å². The number of anilines is 2. The normalized spacial score (nSPS) is 21.1. The van der Waals surface area contributed by atoms with Crippen LogP contribution in [0.1, 0.15) is 59.3 Å². The lowest BCUT2D eigenvalue weighted by atomic mass is 10.2. The number of ether oxygens (including phenoxy) is 1. The minimum absolute atomic E-state index is 0.0710. The number of alkyl carbamates (subject to hydrolysis) is 1. The van der Waals surface area contributed by atoms with Gasteiger partial charge < -0.3 is 26.4 Å². The number of aromatic nitrogens is 8. The molecule has 4 atom stereocenters. The van der Waals surface area contributed by atoms with Crippen LogP contribution in [0.3, 0.4) is 0 Å². The molecule has 6 rings (SSSR count). The van der Waals surface area contributed by atoms with Crippen LogP contribution in [0.15, 0.2) is 36.9 Å². The third-order valence-electron chi connectivity index (χ3n) is 7.29. The topological polar surface area (TPSA) is 197 Å². The van der Waals surface area contributed by atoms with Crippen molar-refractivity contribution in [2.24, 2.45) is 5.73 Å². The van der Waals surface area contributed by atoms with Crippen LogP contribution in [0, 0.1) is 0 Å². The first-order chi connectivity index (χ1) is 21.5. The summed E-state index contributed by atoms with van der Waals surface area (Å²) in [4.78, 5) is 29.3. The van der Waals surface area contributed by atoms with E-state index in [1.165, 1.54) is 0 Å². The van der Waals surface area contributed by atoms with Crippen LogP contribution < -0.4 is 21.7 Å². The molecule has 2 aliphatic rings. The Balaban J connectivity index is 0.000000186. The maximum atomic E-state index is 11.9. The third kappa shape index (κ3) is 9.25. The number of nitrogens with two attached hydrogens (primary N) is 1. The molecule has 45 heavy (non-hydrogen) atoms. The largest absolute Gasteiger partial charge is 0.444 e. The van der Waals surface area contributed by atoms with Crippen molar-refractivity contribution in [3.8, 4) is 22.8 Å². The summed E-state index contributed by atoms with van der Waals surface area (Å²) in [7, 11) is 0. The smallest absolute Gasteiger partial charge is 0.407 e. The molecule has 14 nitrogen and oxygen atoms in total. The van der Waals surface area contributed by atoms with E-state index in [4.69, 9.17) is 33.7 Å². The SMILES string of the molecule is CC(C)(C)OC(=O)N[C@@H]1CCC(Nc2ncc(Cl)c(-c3ccn[nH]3)n2)C1.N[C@@H]1CCC(Nc2ncc(Cl)c(-c3ccn[nH]3)n2)C1. The van der Waals surface area contributed by atoms with Crippen LogP contribution in [0.4, 0.5) is 16.7 Å². The molecule has 0 radical (unpaired) electrons. The van der Waals surface area contributed by atoms with Crippen LogP contribution in [0.25, 0.3) is 22.8 Å². The molecule has 0 spiro atoms. The number of H-pyrrole nitrogens is 2. The zero-order valence-corrected chi connectivity index (χ0v) is 26.9. The van der Waals surface area contributed by atoms with E-state index in [2.05, 4.69) is 56.3 Å². The molecule has 0 aromatic carbocycles. The maximum Gasteiger partial charge on any atom is 0.407 e. The van der Waals surface area contributed by atoms with E-state index in [9.17, 15) is 4.79 Å². The summed E-state index contributed by atoms with van der Waals surface area (Å²) in [5.41, 5.74) is 8.16. The minimum atomic E-state index is -0.499. The summed E-state index contributed by atoms with van der Waals surface area (Å²) in [6.07, 6.45) is 11.7. The molecule has 2 fully saturated rings. The number of carbonyl (C=O) groups excluding carboxylic acids is 1. The quantitative estimate of drug-likeness (QED) is 0.153. The van der Waals surface area contributed by atoms with Gasteiger partial charge in [-0.1, -0.05) is 23.2 Å². The summed E-state index contributed by atoms with van der Waals surface area (Å²) >= 11 is 12.3. The zero-order chi connectivity index (χ0) is 32.0. The fraction of sp³-hybridized carbons (Fsp3) is 0.483. The van der Waals surface area contributed by atoms with Gasteiger partial charge in [-0.25, -0.2) is 24.7 Å². The van der Waals surface area contributed by atoms with Gasteiger partial charge >= 0.3 is 6.09 Å². The summed E-state index contributed by atoms with van der Waals surface area (Å²) in [5, 5.41) is 24.0. The second-order valence-corrected chi connectivity index (χ2v) is 12.9. The fourth-order valence-electron chi connectivity index (χ4n) is 5.26. The number of halogens is 2. The molecule has 0 aliphatic heterocycles. The molecule has 2 unspecified atom stereocenters. The predicted octanol–water partition coefficient (Wildman–Crippen LogP) is 5.19. The van der Waals surface area contributed by atoms with Gasteiger partial charge in [0.25, 0.3) is 0 Å². The Hall–Kier alpha value is -4.01. The van der Waals surface area contributed by atoms with Gasteiger partial charge in [0.15, 0.2) is 0 Å². The molecule has 4 heterocycles. The zero-order valence-electron chi connectivity index (χ0n) is 25.3. The van der Waals surface area contributed by atoms with Gasteiger partial charge in [0, 0.05) is 36.6 Å². The minimum Gasteiger partial charge on any atom is -0.444 e. The number of nitrogens with zero attached hydrogens (tertiary/aromatic N) is 6. The van der Waals surface area contributed by atoms with E-state index < -0.39 is 5.60 Å². The van der Waals surface area contributed by atoms with Crippen LogP contribution in [-0.4, -0.2) is 76.2 Å². The van der Waals surface area contributed by atoms with E-state index in [-0.39, 0.29) is 24.2 Å². The average molecular weight is 658 g/mol. The molecule has 4 aromatic heterocycles. The summed E-state index contributed by atoms with van der Waals surface area (Å²) in [6, 6.07) is 4.48. The van der Waals surface area contributed by atoms with E-state index in [0.717, 1.165) is 49.9 Å². The third-order valence-corrected chi connectivity index (χ3v) is 7.85. The second-order valence-electron chi connectivity index (χ2n) is 12.1. The Labute approximate surface area is 271 Å². The number of aromatic amines is 2. The Morgan fingerprint density at radius 3 is 1.82 bits per heavy atom. The van der Waals surface area contributed by atoms with Crippen LogP contribution in [0.5, 0.6) is 0 Å². The lowest BCUT2D eigenvalue weighted by Crippen LogP contribution is -2.38. The predicted molar refractivity (Wildman–Crippen MR) is 173 cm³/mol. The highest BCUT2D eigenvalue weighted by Gasteiger charge is 2.28. The average Bonchev–Trinajstić information content (AvgIpc) is 3.80. The summed E-state index contributed by atoms with van der Waals surface area (Å²) in [5.74, 6) is 1.08. The molecule has 2 aliphatic carbocycles. The highest BCUT2D eigenvalue weighted by atomic mass is 35.5. The first-order valence-electron chi connectivity index (χ1n) is 14.8. The van der Waals surface area contributed by atoms with E-state index in [1.54, 1.807) is 30.9 Å². The van der Waals surface area contributed by atoms with Crippen molar-refractivity contribution >= 4 is 41.2 Å². The van der Waals surface area contributed by atoms with Crippen molar-refractivity contribution in [1.29, 1.82) is 0 Å². The first kappa shape index (κ1) is 32.4. The number of hydrogen-bond donors (Lipinski definition) is 6. The summed E-state index contributed by atoms with van der Waals surface area (Å²) in [6.45, 7) is 5.54. The van der Waals surface area contributed by atoms with Crippen LogP contribution >= 0.6 is 23.2 Å². The molecule has 0 saturated heterocycles. The van der Waals surface area contributed by atoms with E-state index in [1.807, 2.05) is 26.8 Å². The molecule has 7 N–H and O–H groups in total. The number of carbonyl (C=O) groups is 1. The molecular weight excluding hydrogens is 619 g/mol. The molecule has 2 saturated carbocycles. The van der Waals surface area contributed by atoms with Gasteiger partial charge in [0.2, 0.25) is 11.9 Å². The van der Waals surface area contributed by atoms with Crippen molar-refractivity contribution in [2.75, 3.05) is 10.6 Å². The Morgan fingerprint density at radius 2 is 1.36 bits per heavy atom. The van der Waals surface area contributed by atoms with Crippen molar-refractivity contribution in [3.63, 3.8) is 0 Å². The lowest BCUT2D eigenvalue weighted by Gasteiger charge is -2.21. The van der Waals surface area contributed by atoms with Gasteiger partial charge in [-0.2, -0.15) is 10.2 Å². The van der Waals surface area contributed by atoms with Crippen molar-refractivity contribution < 1.29 is 9.53 Å². The molecule has 0 bridgehead atoms. The number of rotatable bonds is 7. The number of nitrogens with one attached hydrogen (secondary N) is 5. The van der Waals surface area contributed by atoms with Crippen molar-refractivity contribution in [2.45, 2.75) is 89.1 Å². The Bertz CT molecular complexity index is 1550.